The van der Waals surface area contributed by atoms with E-state index in [0.717, 1.165) is 164 Å². The van der Waals surface area contributed by atoms with Gasteiger partial charge in [-0.25, -0.2) is 34.3 Å². The quantitative estimate of drug-likeness (QED) is 0.0173. The van der Waals surface area contributed by atoms with Gasteiger partial charge in [0.05, 0.1) is 81.1 Å². The number of nitrogens with two attached hydrogens (primary N) is 1. The minimum absolute atomic E-state index is 0.175. The molecule has 0 spiro atoms. The van der Waals surface area contributed by atoms with Gasteiger partial charge in [0.1, 0.15) is 34.9 Å². The van der Waals surface area contributed by atoms with Crippen LogP contribution in [0.4, 0.5) is 39.4 Å². The third kappa shape index (κ3) is 18.5. The van der Waals surface area contributed by atoms with Crippen LogP contribution in [0.1, 0.15) is 91.8 Å². The lowest BCUT2D eigenvalue weighted by Crippen LogP contribution is -2.40. The van der Waals surface area contributed by atoms with Crippen molar-refractivity contribution in [2.45, 2.75) is 96.9 Å². The zero-order chi connectivity index (χ0) is 76.6. The minimum atomic E-state index is -0.329. The number of nitrogens with zero attached hydrogens (tertiary/aromatic N) is 18. The number of ether oxygens (including phenoxy) is 2. The van der Waals surface area contributed by atoms with Crippen LogP contribution in [0.3, 0.4) is 0 Å². The molecular formula is C76H82Br3FN24O6+2. The van der Waals surface area contributed by atoms with E-state index < -0.39 is 0 Å². The van der Waals surface area contributed by atoms with Gasteiger partial charge in [-0.2, -0.15) is 43.2 Å². The van der Waals surface area contributed by atoms with E-state index in [4.69, 9.17) is 30.2 Å². The number of hydrogen-bond donors (Lipinski definition) is 9. The Hall–Kier alpha value is -11.5. The molecule has 10 N–H and O–H groups in total. The summed E-state index contributed by atoms with van der Waals surface area (Å²) in [5.41, 5.74) is 16.9. The summed E-state index contributed by atoms with van der Waals surface area (Å²) in [7, 11) is 1.49. The third-order valence-corrected chi connectivity index (χ3v) is 20.1. The molecule has 2 saturated heterocycles. The maximum Gasteiger partial charge on any atom is 0.416 e. The van der Waals surface area contributed by atoms with Crippen molar-refractivity contribution >= 4 is 105 Å². The number of nitrogens with one attached hydrogen (secondary N) is 5. The van der Waals surface area contributed by atoms with E-state index in [2.05, 4.69) is 121 Å². The molecule has 0 saturated carbocycles. The molecule has 34 heteroatoms. The number of benzene rings is 2. The summed E-state index contributed by atoms with van der Waals surface area (Å²) in [6.07, 6.45) is 23.8. The number of halogens is 4. The Balaban J connectivity index is 0.000000129. The second-order valence-electron chi connectivity index (χ2n) is 25.8. The molecule has 16 rings (SSSR count). The number of nitrogen functional groups attached to an aromatic ring is 1. The SMILES string of the molecule is CCOc1ccc(CNc2cc(-c3ccccc3)nc3c(Br)cnn23)c[n+]1O.CCc1cnn2c(NCc3ccc(OC)[n+](O)c3)cc(-c3ccccc3F)nc12.Nc1ncc(CNc2cc(C3CCCNC3)nc3c(Br)cnn23)cn1.[O-][n+]1cccc(CNc2cc(N3CCCCC3CCO)nc3c(Br)cnn23)c1. The summed E-state index contributed by atoms with van der Waals surface area (Å²) < 4.78 is 37.0. The van der Waals surface area contributed by atoms with Gasteiger partial charge in [0.15, 0.2) is 35.0 Å². The maximum absolute atomic E-state index is 14.4. The van der Waals surface area contributed by atoms with Crippen LogP contribution in [0.25, 0.3) is 45.1 Å². The first-order valence-electron chi connectivity index (χ1n) is 35.8. The monoisotopic (exact) mass is 1680 g/mol. The number of piperidine rings is 2. The molecule has 2 aliphatic rings. The zero-order valence-corrected chi connectivity index (χ0v) is 65.2. The molecule has 12 aromatic heterocycles. The number of aliphatic hydroxyl groups excluding tert-OH is 1. The van der Waals surface area contributed by atoms with Gasteiger partial charge in [-0.15, -0.1) is 0 Å². The summed E-state index contributed by atoms with van der Waals surface area (Å²) >= 11 is 10.6. The molecule has 0 aliphatic carbocycles. The second kappa shape index (κ2) is 36.2. The number of pyridine rings is 3. The van der Waals surface area contributed by atoms with Gasteiger partial charge < -0.3 is 57.0 Å². The van der Waals surface area contributed by atoms with Crippen LogP contribution >= 0.6 is 47.8 Å². The van der Waals surface area contributed by atoms with Crippen molar-refractivity contribution < 1.29 is 43.6 Å². The first-order chi connectivity index (χ1) is 53.6. The molecule has 14 heterocycles. The number of anilines is 6. The van der Waals surface area contributed by atoms with Crippen molar-refractivity contribution in [1.82, 2.24) is 73.7 Å². The fourth-order valence-corrected chi connectivity index (χ4v) is 13.9. The van der Waals surface area contributed by atoms with Crippen LogP contribution in [0.2, 0.25) is 0 Å². The largest absolute Gasteiger partial charge is 0.619 e. The number of methoxy groups -OCH3 is 1. The van der Waals surface area contributed by atoms with Gasteiger partial charge in [-0.05, 0) is 137 Å². The number of fused-ring (bicyclic) bond motifs is 4. The Morgan fingerprint density at radius 2 is 1.18 bits per heavy atom. The molecule has 110 heavy (non-hydrogen) atoms. The van der Waals surface area contributed by atoms with Crippen LogP contribution in [0.15, 0.2) is 191 Å². The van der Waals surface area contributed by atoms with Gasteiger partial charge in [0.2, 0.25) is 18.3 Å². The molecular weight excluding hydrogens is 1600 g/mol. The van der Waals surface area contributed by atoms with Crippen LogP contribution < -0.4 is 60.9 Å². The molecule has 2 atom stereocenters. The lowest BCUT2D eigenvalue weighted by atomic mass is 9.96. The Morgan fingerprint density at radius 3 is 1.79 bits per heavy atom. The molecule has 0 amide bonds. The van der Waals surface area contributed by atoms with E-state index in [1.807, 2.05) is 79.0 Å². The van der Waals surface area contributed by atoms with Crippen molar-refractivity contribution in [3.05, 3.63) is 235 Å². The second-order valence-corrected chi connectivity index (χ2v) is 28.4. The highest BCUT2D eigenvalue weighted by Gasteiger charge is 2.27. The summed E-state index contributed by atoms with van der Waals surface area (Å²) in [6, 6.07) is 35.5. The normalized spacial score (nSPS) is 14.1. The molecule has 2 aliphatic heterocycles. The Bertz CT molecular complexity index is 5460. The highest BCUT2D eigenvalue weighted by atomic mass is 79.9. The molecule has 2 unspecified atom stereocenters. The van der Waals surface area contributed by atoms with Gasteiger partial charge in [-0.1, -0.05) is 49.4 Å². The zero-order valence-electron chi connectivity index (χ0n) is 60.4. The summed E-state index contributed by atoms with van der Waals surface area (Å²) in [5, 5.41) is 75.5. The fourth-order valence-electron chi connectivity index (χ4n) is 12.9. The van der Waals surface area contributed by atoms with E-state index in [0.29, 0.717) is 73.2 Å². The third-order valence-electron chi connectivity index (χ3n) is 18.4. The van der Waals surface area contributed by atoms with Crippen LogP contribution in [0.5, 0.6) is 11.8 Å². The van der Waals surface area contributed by atoms with Crippen molar-refractivity contribution in [3.8, 4) is 34.3 Å². The topological polar surface area (TPSA) is 350 Å². The molecule has 568 valence electrons. The highest BCUT2D eigenvalue weighted by Crippen LogP contribution is 2.33. The van der Waals surface area contributed by atoms with Gasteiger partial charge in [0.25, 0.3) is 0 Å². The van der Waals surface area contributed by atoms with Gasteiger partial charge in [-0.3, -0.25) is 10.4 Å². The van der Waals surface area contributed by atoms with E-state index in [1.54, 1.807) is 112 Å². The molecule has 14 aromatic rings. The molecule has 2 fully saturated rings. The van der Waals surface area contributed by atoms with Gasteiger partial charge >= 0.3 is 11.8 Å². The summed E-state index contributed by atoms with van der Waals surface area (Å²) in [5.74, 6) is 5.15. The number of aryl methyl sites for hydroxylation is 1. The molecule has 2 aromatic carbocycles. The highest BCUT2D eigenvalue weighted by molar-refractivity contribution is 9.11. The Morgan fingerprint density at radius 1 is 0.609 bits per heavy atom. The maximum atomic E-state index is 14.4. The van der Waals surface area contributed by atoms with Crippen molar-refractivity contribution in [3.63, 3.8) is 0 Å². The number of hydrogen-bond acceptors (Lipinski definition) is 23. The van der Waals surface area contributed by atoms with E-state index in [1.165, 1.54) is 32.2 Å². The predicted octanol–water partition coefficient (Wildman–Crippen LogP) is 11.4. The van der Waals surface area contributed by atoms with Crippen LogP contribution in [-0.4, -0.2) is 130 Å². The molecule has 30 nitrogen and oxygen atoms in total. The molecule has 0 radical (unpaired) electrons. The lowest BCUT2D eigenvalue weighted by molar-refractivity contribution is -0.906. The number of aromatic nitrogens is 17. The summed E-state index contributed by atoms with van der Waals surface area (Å²) in [4.78, 5) is 29.4. The smallest absolute Gasteiger partial charge is 0.416 e. The average molecular weight is 1690 g/mol. The standard InChI is InChI=1S/C21H21FN5O2.C20H19BrN5O2.C19H23BrN6O2.C16H19BrN8/c1-3-15-12-24-27-19(23-11-14-8-9-20(29-2)26(28)13-14)10-18(25-21(15)27)16-6-4-5-7-17(16)22;1-2-28-19-9-8-14(13-25(19)27)11-22-18-10-17(15-6-4-3-5-7-15)24-20-16(21)12-23-26(18)20;20-16-12-22-26-17(21-11-14-4-3-7-24(28)13-14)10-18(23-19(16)26)25-8-2-1-5-15(25)6-9-27;17-12-9-23-25-14(20-5-10-6-21-16(18)22-7-10)4-13(24-15(12)25)11-2-1-3-19-8-11/h4-10,12-13,23,28H,3,11H2,1-2H3;3-10,12-13,22,27H,2,11H2,1H3;3-4,7,10,12-13,15,21,27H,1-2,5-6,8-9,11H2;4,6-7,9,11,19-20H,1-3,5,8H2,(H2,18,21,22)/q2*+1;;. The fraction of sp³-hybridized carbons (Fsp3) is 0.276. The Labute approximate surface area is 656 Å². The first kappa shape index (κ1) is 76.7. The first-order valence-corrected chi connectivity index (χ1v) is 38.2. The number of rotatable bonds is 22. The van der Waals surface area contributed by atoms with Crippen molar-refractivity contribution in [2.24, 2.45) is 0 Å². The summed E-state index contributed by atoms with van der Waals surface area (Å²) in [6.45, 7) is 9.52. The van der Waals surface area contributed by atoms with E-state index in [9.17, 15) is 25.1 Å². The van der Waals surface area contributed by atoms with Crippen LogP contribution in [-0.2, 0) is 32.6 Å². The minimum Gasteiger partial charge on any atom is -0.619 e. The number of aliphatic hydroxyl groups is 1. The van der Waals surface area contributed by atoms with Crippen molar-refractivity contribution in [2.75, 3.05) is 71.9 Å². The Kier molecular flexibility index (Phi) is 25.2. The van der Waals surface area contributed by atoms with Gasteiger partial charge in [0, 0.05) is 149 Å². The molecule has 0 bridgehead atoms. The predicted molar refractivity (Wildman–Crippen MR) is 423 cm³/mol. The van der Waals surface area contributed by atoms with Crippen molar-refractivity contribution in [1.29, 1.82) is 0 Å². The van der Waals surface area contributed by atoms with E-state index >= 15 is 0 Å². The van der Waals surface area contributed by atoms with Crippen LogP contribution in [0, 0.1) is 11.0 Å². The lowest BCUT2D eigenvalue weighted by Gasteiger charge is -2.36. The average Bonchev–Trinajstić information content (AvgIpc) is 1.58. The van der Waals surface area contributed by atoms with E-state index in [-0.39, 0.29) is 24.4 Å².